The van der Waals surface area contributed by atoms with Crippen LogP contribution in [0.4, 0.5) is 8.78 Å². The molecular formula is C18H23F2N3O. The SMILES string of the molecule is C[C@H](NCc1c2c(nn1C)CCCC2)c1cccc(OC(F)F)c1. The summed E-state index contributed by atoms with van der Waals surface area (Å²) < 4.78 is 31.1. The van der Waals surface area contributed by atoms with Crippen LogP contribution in [0.2, 0.25) is 0 Å². The first kappa shape index (κ1) is 16.9. The van der Waals surface area contributed by atoms with Crippen molar-refractivity contribution in [3.05, 3.63) is 46.8 Å². The number of hydrogen-bond acceptors (Lipinski definition) is 3. The van der Waals surface area contributed by atoms with E-state index in [2.05, 4.69) is 15.2 Å². The standard InChI is InChI=1S/C18H23F2N3O/c1-12(13-6-5-7-14(10-13)24-18(19)20)21-11-17-15-8-3-4-9-16(15)22-23(17)2/h5-7,10,12,18,21H,3-4,8-9,11H2,1-2H3/t12-/m0/s1. The van der Waals surface area contributed by atoms with Crippen molar-refractivity contribution in [1.82, 2.24) is 15.1 Å². The number of nitrogens with one attached hydrogen (secondary N) is 1. The van der Waals surface area contributed by atoms with Crippen molar-refractivity contribution >= 4 is 0 Å². The summed E-state index contributed by atoms with van der Waals surface area (Å²) in [6, 6.07) is 6.87. The lowest BCUT2D eigenvalue weighted by atomic mass is 9.96. The van der Waals surface area contributed by atoms with Crippen LogP contribution in [0.1, 0.15) is 48.3 Å². The van der Waals surface area contributed by atoms with E-state index in [0.29, 0.717) is 6.54 Å². The Bertz CT molecular complexity index is 700. The number of ether oxygens (including phenoxy) is 1. The first-order valence-electron chi connectivity index (χ1n) is 8.36. The van der Waals surface area contributed by atoms with Gasteiger partial charge >= 0.3 is 6.61 Å². The van der Waals surface area contributed by atoms with Crippen molar-refractivity contribution in [3.63, 3.8) is 0 Å². The molecule has 1 aliphatic carbocycles. The zero-order valence-electron chi connectivity index (χ0n) is 14.1. The molecule has 0 unspecified atom stereocenters. The molecule has 24 heavy (non-hydrogen) atoms. The first-order chi connectivity index (χ1) is 11.5. The molecule has 2 aromatic rings. The summed E-state index contributed by atoms with van der Waals surface area (Å²) in [6.45, 7) is -0.0750. The molecule has 130 valence electrons. The van der Waals surface area contributed by atoms with Gasteiger partial charge in [0.2, 0.25) is 0 Å². The highest BCUT2D eigenvalue weighted by molar-refractivity contribution is 5.31. The number of rotatable bonds is 6. The van der Waals surface area contributed by atoms with Crippen molar-refractivity contribution in [1.29, 1.82) is 0 Å². The van der Waals surface area contributed by atoms with E-state index in [-0.39, 0.29) is 11.8 Å². The second-order valence-corrected chi connectivity index (χ2v) is 6.26. The van der Waals surface area contributed by atoms with Crippen molar-refractivity contribution in [2.75, 3.05) is 0 Å². The normalized spacial score (nSPS) is 15.4. The molecule has 1 aromatic heterocycles. The van der Waals surface area contributed by atoms with Crippen LogP contribution in [-0.4, -0.2) is 16.4 Å². The molecule has 0 bridgehead atoms. The summed E-state index contributed by atoms with van der Waals surface area (Å²) in [6.07, 6.45) is 4.58. The first-order valence-corrected chi connectivity index (χ1v) is 8.36. The molecule has 1 atom stereocenters. The minimum absolute atomic E-state index is 0.0281. The Kier molecular flexibility index (Phi) is 5.14. The number of aryl methyl sites for hydroxylation is 2. The van der Waals surface area contributed by atoms with Gasteiger partial charge in [0, 0.05) is 19.6 Å². The molecule has 0 fully saturated rings. The highest BCUT2D eigenvalue weighted by Gasteiger charge is 2.19. The molecule has 0 spiro atoms. The summed E-state index contributed by atoms with van der Waals surface area (Å²) in [5.41, 5.74) is 4.74. The van der Waals surface area contributed by atoms with Crippen LogP contribution in [0.15, 0.2) is 24.3 Å². The third kappa shape index (κ3) is 3.75. The van der Waals surface area contributed by atoms with Gasteiger partial charge in [-0.25, -0.2) is 0 Å². The van der Waals surface area contributed by atoms with Gasteiger partial charge in [0.15, 0.2) is 0 Å². The predicted molar refractivity (Wildman–Crippen MR) is 88.2 cm³/mol. The van der Waals surface area contributed by atoms with Crippen molar-refractivity contribution < 1.29 is 13.5 Å². The molecule has 0 aliphatic heterocycles. The number of aromatic nitrogens is 2. The van der Waals surface area contributed by atoms with Gasteiger partial charge in [0.05, 0.1) is 11.4 Å². The van der Waals surface area contributed by atoms with E-state index in [1.165, 1.54) is 29.8 Å². The Hall–Kier alpha value is -1.95. The molecular weight excluding hydrogens is 312 g/mol. The minimum atomic E-state index is -2.80. The molecule has 3 rings (SSSR count). The third-order valence-corrected chi connectivity index (χ3v) is 4.61. The van der Waals surface area contributed by atoms with E-state index < -0.39 is 6.61 Å². The quantitative estimate of drug-likeness (QED) is 0.874. The van der Waals surface area contributed by atoms with Crippen LogP contribution in [0, 0.1) is 0 Å². The van der Waals surface area contributed by atoms with E-state index in [4.69, 9.17) is 0 Å². The topological polar surface area (TPSA) is 39.1 Å². The number of hydrogen-bond donors (Lipinski definition) is 1. The zero-order valence-corrected chi connectivity index (χ0v) is 14.1. The van der Waals surface area contributed by atoms with E-state index in [9.17, 15) is 8.78 Å². The van der Waals surface area contributed by atoms with Gasteiger partial charge in [0.25, 0.3) is 0 Å². The van der Waals surface area contributed by atoms with Gasteiger partial charge in [0.1, 0.15) is 5.75 Å². The van der Waals surface area contributed by atoms with Gasteiger partial charge in [-0.2, -0.15) is 13.9 Å². The fourth-order valence-corrected chi connectivity index (χ4v) is 3.30. The molecule has 0 radical (unpaired) electrons. The van der Waals surface area contributed by atoms with Crippen LogP contribution in [-0.2, 0) is 26.4 Å². The van der Waals surface area contributed by atoms with Crippen molar-refractivity contribution in [2.24, 2.45) is 7.05 Å². The monoisotopic (exact) mass is 335 g/mol. The molecule has 1 aliphatic rings. The summed E-state index contributed by atoms with van der Waals surface area (Å²) in [5, 5.41) is 8.09. The largest absolute Gasteiger partial charge is 0.435 e. The molecule has 6 heteroatoms. The van der Waals surface area contributed by atoms with Crippen LogP contribution >= 0.6 is 0 Å². The Morgan fingerprint density at radius 1 is 1.29 bits per heavy atom. The smallest absolute Gasteiger partial charge is 0.387 e. The molecule has 0 amide bonds. The lowest BCUT2D eigenvalue weighted by Crippen LogP contribution is -2.21. The maximum absolute atomic E-state index is 12.3. The average molecular weight is 335 g/mol. The molecule has 4 nitrogen and oxygen atoms in total. The summed E-state index contributed by atoms with van der Waals surface area (Å²) in [5.74, 6) is 0.189. The molecule has 1 aromatic carbocycles. The third-order valence-electron chi connectivity index (χ3n) is 4.61. The number of nitrogens with zero attached hydrogens (tertiary/aromatic N) is 2. The van der Waals surface area contributed by atoms with Crippen LogP contribution < -0.4 is 10.1 Å². The van der Waals surface area contributed by atoms with E-state index >= 15 is 0 Å². The van der Waals surface area contributed by atoms with E-state index in [0.717, 1.165) is 18.4 Å². The maximum atomic E-state index is 12.3. The highest BCUT2D eigenvalue weighted by atomic mass is 19.3. The molecule has 0 saturated heterocycles. The Morgan fingerprint density at radius 3 is 2.88 bits per heavy atom. The summed E-state index contributed by atoms with van der Waals surface area (Å²) >= 11 is 0. The lowest BCUT2D eigenvalue weighted by Gasteiger charge is -2.17. The van der Waals surface area contributed by atoms with Gasteiger partial charge in [-0.05, 0) is 55.9 Å². The molecule has 0 saturated carbocycles. The van der Waals surface area contributed by atoms with Crippen LogP contribution in [0.5, 0.6) is 5.75 Å². The number of alkyl halides is 2. The predicted octanol–water partition coefficient (Wildman–Crippen LogP) is 3.75. The zero-order chi connectivity index (χ0) is 17.1. The maximum Gasteiger partial charge on any atom is 0.387 e. The second-order valence-electron chi connectivity index (χ2n) is 6.26. The number of benzene rings is 1. The second kappa shape index (κ2) is 7.30. The van der Waals surface area contributed by atoms with Crippen LogP contribution in [0.3, 0.4) is 0 Å². The van der Waals surface area contributed by atoms with Crippen molar-refractivity contribution in [3.8, 4) is 5.75 Å². The van der Waals surface area contributed by atoms with E-state index in [1.807, 2.05) is 24.7 Å². The summed E-state index contributed by atoms with van der Waals surface area (Å²) in [4.78, 5) is 0. The minimum Gasteiger partial charge on any atom is -0.435 e. The lowest BCUT2D eigenvalue weighted by molar-refractivity contribution is -0.0499. The van der Waals surface area contributed by atoms with Gasteiger partial charge in [-0.1, -0.05) is 12.1 Å². The number of halogens is 2. The highest BCUT2D eigenvalue weighted by Crippen LogP contribution is 2.25. The Balaban J connectivity index is 1.68. The fourth-order valence-electron chi connectivity index (χ4n) is 3.30. The Labute approximate surface area is 140 Å². The average Bonchev–Trinajstić information content (AvgIpc) is 2.87. The van der Waals surface area contributed by atoms with Gasteiger partial charge in [-0.3, -0.25) is 4.68 Å². The fraction of sp³-hybridized carbons (Fsp3) is 0.500. The van der Waals surface area contributed by atoms with E-state index in [1.54, 1.807) is 18.2 Å². The number of fused-ring (bicyclic) bond motifs is 1. The Morgan fingerprint density at radius 2 is 2.08 bits per heavy atom. The molecule has 1 N–H and O–H groups in total. The summed E-state index contributed by atoms with van der Waals surface area (Å²) in [7, 11) is 1.98. The van der Waals surface area contributed by atoms with Crippen molar-refractivity contribution in [2.45, 2.75) is 51.8 Å². The molecule has 1 heterocycles. The van der Waals surface area contributed by atoms with Gasteiger partial charge in [-0.15, -0.1) is 0 Å². The van der Waals surface area contributed by atoms with Gasteiger partial charge < -0.3 is 10.1 Å². The van der Waals surface area contributed by atoms with Crippen LogP contribution in [0.25, 0.3) is 0 Å².